The van der Waals surface area contributed by atoms with Gasteiger partial charge in [0.25, 0.3) is 0 Å². The second kappa shape index (κ2) is 6.15. The maximum absolute atomic E-state index is 5.25. The number of hydrogen-bond donors (Lipinski definition) is 1. The maximum atomic E-state index is 5.25. The summed E-state index contributed by atoms with van der Waals surface area (Å²) in [6, 6.07) is 6.30. The van der Waals surface area contributed by atoms with Crippen molar-refractivity contribution in [1.82, 2.24) is 20.1 Å². The van der Waals surface area contributed by atoms with Gasteiger partial charge < -0.3 is 14.6 Å². The molecule has 0 saturated heterocycles. The molecule has 0 fully saturated rings. The van der Waals surface area contributed by atoms with Gasteiger partial charge in [-0.3, -0.25) is 0 Å². The Kier molecular flexibility index (Phi) is 4.26. The van der Waals surface area contributed by atoms with Crippen molar-refractivity contribution in [3.63, 3.8) is 0 Å². The van der Waals surface area contributed by atoms with Crippen LogP contribution in [0.25, 0.3) is 0 Å². The second-order valence-corrected chi connectivity index (χ2v) is 6.16. The van der Waals surface area contributed by atoms with E-state index in [9.17, 15) is 0 Å². The van der Waals surface area contributed by atoms with Crippen molar-refractivity contribution in [1.29, 1.82) is 0 Å². The minimum absolute atomic E-state index is 0.185. The number of nitrogens with zero attached hydrogens (tertiary/aromatic N) is 3. The van der Waals surface area contributed by atoms with Gasteiger partial charge in [-0.15, -0.1) is 10.2 Å². The molecule has 6 heteroatoms. The molecule has 1 aromatic heterocycles. The first-order valence-corrected chi connectivity index (χ1v) is 7.96. The molecule has 1 aliphatic heterocycles. The summed E-state index contributed by atoms with van der Waals surface area (Å²) in [6.07, 6.45) is 2.22. The predicted octanol–water partition coefficient (Wildman–Crippen LogP) is 2.85. The average Bonchev–Trinajstić information content (AvgIpc) is 3.07. The molecular weight excluding hydrogens is 332 g/mol. The van der Waals surface area contributed by atoms with Crippen LogP contribution in [0.4, 0.5) is 0 Å². The number of nitrogens with one attached hydrogen (secondary N) is 1. The van der Waals surface area contributed by atoms with Crippen LogP contribution in [0, 0.1) is 0 Å². The molecule has 2 heterocycles. The van der Waals surface area contributed by atoms with Crippen molar-refractivity contribution < 1.29 is 4.74 Å². The number of rotatable bonds is 5. The third kappa shape index (κ3) is 2.96. The Morgan fingerprint density at radius 2 is 2.29 bits per heavy atom. The number of halogens is 1. The van der Waals surface area contributed by atoms with E-state index in [1.165, 1.54) is 12.0 Å². The van der Waals surface area contributed by atoms with E-state index in [4.69, 9.17) is 4.74 Å². The van der Waals surface area contributed by atoms with Gasteiger partial charge in [-0.05, 0) is 47.0 Å². The summed E-state index contributed by atoms with van der Waals surface area (Å²) in [7, 11) is 1.67. The van der Waals surface area contributed by atoms with Crippen LogP contribution in [-0.2, 0) is 19.5 Å². The van der Waals surface area contributed by atoms with Crippen LogP contribution in [0.15, 0.2) is 22.7 Å². The predicted molar refractivity (Wildman–Crippen MR) is 84.3 cm³/mol. The Balaban J connectivity index is 1.65. The zero-order valence-electron chi connectivity index (χ0n) is 12.3. The van der Waals surface area contributed by atoms with Crippen LogP contribution in [-0.4, -0.2) is 21.9 Å². The lowest BCUT2D eigenvalue weighted by Crippen LogP contribution is -2.21. The first kappa shape index (κ1) is 14.5. The van der Waals surface area contributed by atoms with Crippen molar-refractivity contribution in [2.45, 2.75) is 38.9 Å². The fraction of sp³-hybridized carbons (Fsp3) is 0.467. The van der Waals surface area contributed by atoms with Crippen LogP contribution >= 0.6 is 15.9 Å². The van der Waals surface area contributed by atoms with Gasteiger partial charge in [0.05, 0.1) is 17.6 Å². The SMILES string of the molecule is COc1ccc(CNC(C)c2nnc3n2CCC3)cc1Br. The number of fused-ring (bicyclic) bond motifs is 1. The normalized spacial score (nSPS) is 15.0. The van der Waals surface area contributed by atoms with Crippen molar-refractivity contribution in [3.8, 4) is 5.75 Å². The summed E-state index contributed by atoms with van der Waals surface area (Å²) in [5.74, 6) is 3.00. The average molecular weight is 351 g/mol. The molecule has 1 atom stereocenters. The molecule has 0 saturated carbocycles. The molecule has 1 unspecified atom stereocenters. The van der Waals surface area contributed by atoms with Crippen LogP contribution in [0.3, 0.4) is 0 Å². The number of ether oxygens (including phenoxy) is 1. The molecule has 3 rings (SSSR count). The quantitative estimate of drug-likeness (QED) is 0.900. The van der Waals surface area contributed by atoms with E-state index in [1.807, 2.05) is 6.07 Å². The molecule has 21 heavy (non-hydrogen) atoms. The van der Waals surface area contributed by atoms with Crippen molar-refractivity contribution in [3.05, 3.63) is 39.9 Å². The zero-order chi connectivity index (χ0) is 14.8. The van der Waals surface area contributed by atoms with Gasteiger partial charge in [0, 0.05) is 19.5 Å². The van der Waals surface area contributed by atoms with Crippen LogP contribution < -0.4 is 10.1 Å². The molecule has 2 aromatic rings. The third-order valence-electron chi connectivity index (χ3n) is 3.85. The van der Waals surface area contributed by atoms with Crippen LogP contribution in [0.2, 0.25) is 0 Å². The third-order valence-corrected chi connectivity index (χ3v) is 4.47. The first-order chi connectivity index (χ1) is 10.2. The summed E-state index contributed by atoms with van der Waals surface area (Å²) in [6.45, 7) is 3.96. The Bertz CT molecular complexity index is 641. The summed E-state index contributed by atoms with van der Waals surface area (Å²) in [5.41, 5.74) is 1.20. The molecule has 0 radical (unpaired) electrons. The smallest absolute Gasteiger partial charge is 0.149 e. The lowest BCUT2D eigenvalue weighted by atomic mass is 10.2. The standard InChI is InChI=1S/C15H19BrN4O/c1-10(15-19-18-14-4-3-7-20(14)15)17-9-11-5-6-13(21-2)12(16)8-11/h5-6,8,10,17H,3-4,7,9H2,1-2H3. The molecule has 0 aliphatic carbocycles. The molecule has 1 aromatic carbocycles. The van der Waals surface area contributed by atoms with E-state index >= 15 is 0 Å². The zero-order valence-corrected chi connectivity index (χ0v) is 13.9. The van der Waals surface area contributed by atoms with Gasteiger partial charge in [-0.2, -0.15) is 0 Å². The Morgan fingerprint density at radius 1 is 1.43 bits per heavy atom. The Labute approximate surface area is 132 Å². The van der Waals surface area contributed by atoms with E-state index in [0.717, 1.165) is 41.4 Å². The molecular formula is C15H19BrN4O. The summed E-state index contributed by atoms with van der Waals surface area (Å²) < 4.78 is 8.46. The van der Waals surface area contributed by atoms with Gasteiger partial charge in [0.15, 0.2) is 0 Å². The number of benzene rings is 1. The second-order valence-electron chi connectivity index (χ2n) is 5.30. The van der Waals surface area contributed by atoms with Gasteiger partial charge in [0.1, 0.15) is 17.4 Å². The molecule has 1 N–H and O–H groups in total. The minimum Gasteiger partial charge on any atom is -0.496 e. The van der Waals surface area contributed by atoms with E-state index in [1.54, 1.807) is 7.11 Å². The fourth-order valence-electron chi connectivity index (χ4n) is 2.68. The highest BCUT2D eigenvalue weighted by Crippen LogP contribution is 2.26. The van der Waals surface area contributed by atoms with E-state index in [-0.39, 0.29) is 6.04 Å². The highest BCUT2D eigenvalue weighted by molar-refractivity contribution is 9.10. The van der Waals surface area contributed by atoms with Gasteiger partial charge in [-0.25, -0.2) is 0 Å². The number of aromatic nitrogens is 3. The largest absolute Gasteiger partial charge is 0.496 e. The number of methoxy groups -OCH3 is 1. The molecule has 1 aliphatic rings. The van der Waals surface area contributed by atoms with Gasteiger partial charge in [-0.1, -0.05) is 6.07 Å². The highest BCUT2D eigenvalue weighted by Gasteiger charge is 2.20. The Hall–Kier alpha value is -1.40. The van der Waals surface area contributed by atoms with E-state index < -0.39 is 0 Å². The number of hydrogen-bond acceptors (Lipinski definition) is 4. The molecule has 5 nitrogen and oxygen atoms in total. The van der Waals surface area contributed by atoms with Gasteiger partial charge >= 0.3 is 0 Å². The minimum atomic E-state index is 0.185. The highest BCUT2D eigenvalue weighted by atomic mass is 79.9. The summed E-state index contributed by atoms with van der Waals surface area (Å²) in [4.78, 5) is 0. The van der Waals surface area contributed by atoms with Gasteiger partial charge in [0.2, 0.25) is 0 Å². The van der Waals surface area contributed by atoms with Crippen molar-refractivity contribution >= 4 is 15.9 Å². The topological polar surface area (TPSA) is 52.0 Å². The van der Waals surface area contributed by atoms with Crippen LogP contribution in [0.5, 0.6) is 5.75 Å². The van der Waals surface area contributed by atoms with E-state index in [2.05, 4.69) is 55.1 Å². The van der Waals surface area contributed by atoms with Crippen molar-refractivity contribution in [2.75, 3.05) is 7.11 Å². The number of aryl methyl sites for hydroxylation is 1. The Morgan fingerprint density at radius 3 is 3.05 bits per heavy atom. The summed E-state index contributed by atoms with van der Waals surface area (Å²) >= 11 is 3.51. The maximum Gasteiger partial charge on any atom is 0.149 e. The summed E-state index contributed by atoms with van der Waals surface area (Å²) in [5, 5.41) is 12.1. The fourth-order valence-corrected chi connectivity index (χ4v) is 3.26. The molecule has 0 amide bonds. The van der Waals surface area contributed by atoms with Crippen molar-refractivity contribution in [2.24, 2.45) is 0 Å². The monoisotopic (exact) mass is 350 g/mol. The molecule has 0 bridgehead atoms. The first-order valence-electron chi connectivity index (χ1n) is 7.17. The lowest BCUT2D eigenvalue weighted by Gasteiger charge is -2.14. The lowest BCUT2D eigenvalue weighted by molar-refractivity contribution is 0.412. The van der Waals surface area contributed by atoms with E-state index in [0.29, 0.717) is 0 Å². The molecule has 112 valence electrons. The van der Waals surface area contributed by atoms with Crippen LogP contribution in [0.1, 0.15) is 36.6 Å². The molecule has 0 spiro atoms.